The van der Waals surface area contributed by atoms with Crippen LogP contribution in [0.15, 0.2) is 41.8 Å². The van der Waals surface area contributed by atoms with E-state index in [4.69, 9.17) is 0 Å². The van der Waals surface area contributed by atoms with E-state index in [9.17, 15) is 9.18 Å². The number of thiophene rings is 1. The van der Waals surface area contributed by atoms with E-state index < -0.39 is 0 Å². The Balaban J connectivity index is 1.53. The molecule has 0 bridgehead atoms. The molecule has 1 aromatic heterocycles. The predicted octanol–water partition coefficient (Wildman–Crippen LogP) is 3.96. The van der Waals surface area contributed by atoms with Gasteiger partial charge in [0, 0.05) is 17.8 Å². The molecule has 1 heterocycles. The molecule has 2 rings (SSSR count). The number of carbonyl (C=O) groups is 1. The van der Waals surface area contributed by atoms with Gasteiger partial charge in [0.2, 0.25) is 5.91 Å². The van der Waals surface area contributed by atoms with Gasteiger partial charge in [0.1, 0.15) is 5.82 Å². The maximum absolute atomic E-state index is 12.7. The van der Waals surface area contributed by atoms with Crippen molar-refractivity contribution in [3.8, 4) is 0 Å². The SMILES string of the molecule is O=C(CCc1cccs1)NCCCCc1ccc(F)cc1. The minimum Gasteiger partial charge on any atom is -0.356 e. The van der Waals surface area contributed by atoms with E-state index in [1.165, 1.54) is 17.0 Å². The molecule has 21 heavy (non-hydrogen) atoms. The summed E-state index contributed by atoms with van der Waals surface area (Å²) in [5.74, 6) is -0.0815. The molecule has 0 aliphatic rings. The zero-order valence-electron chi connectivity index (χ0n) is 12.0. The summed E-state index contributed by atoms with van der Waals surface area (Å²) in [5.41, 5.74) is 1.14. The fraction of sp³-hybridized carbons (Fsp3) is 0.353. The lowest BCUT2D eigenvalue weighted by Gasteiger charge is -2.05. The van der Waals surface area contributed by atoms with E-state index in [0.29, 0.717) is 13.0 Å². The molecule has 0 unspecified atom stereocenters. The van der Waals surface area contributed by atoms with Crippen molar-refractivity contribution in [2.24, 2.45) is 0 Å². The van der Waals surface area contributed by atoms with Crippen molar-refractivity contribution in [3.05, 3.63) is 58.0 Å². The lowest BCUT2D eigenvalue weighted by atomic mass is 10.1. The van der Waals surface area contributed by atoms with Crippen molar-refractivity contribution in [1.29, 1.82) is 0 Å². The molecule has 0 atom stereocenters. The summed E-state index contributed by atoms with van der Waals surface area (Å²) >= 11 is 1.69. The van der Waals surface area contributed by atoms with Crippen molar-refractivity contribution in [3.63, 3.8) is 0 Å². The van der Waals surface area contributed by atoms with E-state index in [1.807, 2.05) is 23.6 Å². The van der Waals surface area contributed by atoms with Gasteiger partial charge in [-0.3, -0.25) is 4.79 Å². The molecule has 1 aromatic carbocycles. The number of unbranched alkanes of at least 4 members (excludes halogenated alkanes) is 1. The summed E-state index contributed by atoms with van der Waals surface area (Å²) in [6, 6.07) is 10.7. The van der Waals surface area contributed by atoms with Crippen molar-refractivity contribution >= 4 is 17.2 Å². The van der Waals surface area contributed by atoms with Crippen LogP contribution in [0.4, 0.5) is 4.39 Å². The van der Waals surface area contributed by atoms with Gasteiger partial charge in [-0.05, 0) is 54.8 Å². The molecule has 0 aliphatic heterocycles. The van der Waals surface area contributed by atoms with E-state index >= 15 is 0 Å². The Labute approximate surface area is 129 Å². The number of halogens is 1. The highest BCUT2D eigenvalue weighted by molar-refractivity contribution is 7.09. The number of amides is 1. The van der Waals surface area contributed by atoms with E-state index in [2.05, 4.69) is 11.4 Å². The first-order valence-electron chi connectivity index (χ1n) is 7.27. The summed E-state index contributed by atoms with van der Waals surface area (Å²) in [6.45, 7) is 0.713. The average Bonchev–Trinajstić information content (AvgIpc) is 3.00. The third kappa shape index (κ3) is 6.08. The Hall–Kier alpha value is -1.68. The van der Waals surface area contributed by atoms with Gasteiger partial charge in [-0.15, -0.1) is 11.3 Å². The highest BCUT2D eigenvalue weighted by atomic mass is 32.1. The molecule has 0 fully saturated rings. The van der Waals surface area contributed by atoms with Crippen molar-refractivity contribution in [2.45, 2.75) is 32.1 Å². The van der Waals surface area contributed by atoms with E-state index in [1.54, 1.807) is 11.3 Å². The molecule has 1 amide bonds. The molecule has 2 aromatic rings. The Morgan fingerprint density at radius 3 is 2.62 bits per heavy atom. The van der Waals surface area contributed by atoms with Crippen LogP contribution in [0.2, 0.25) is 0 Å². The van der Waals surface area contributed by atoms with Crippen LogP contribution in [0.25, 0.3) is 0 Å². The minimum atomic E-state index is -0.197. The van der Waals surface area contributed by atoms with Crippen molar-refractivity contribution in [2.75, 3.05) is 6.54 Å². The molecular weight excluding hydrogens is 285 g/mol. The van der Waals surface area contributed by atoms with Crippen molar-refractivity contribution < 1.29 is 9.18 Å². The van der Waals surface area contributed by atoms with Crippen LogP contribution in [0, 0.1) is 5.82 Å². The quantitative estimate of drug-likeness (QED) is 0.735. The molecule has 112 valence electrons. The zero-order valence-corrected chi connectivity index (χ0v) is 12.8. The fourth-order valence-electron chi connectivity index (χ4n) is 2.11. The second-order valence-corrected chi connectivity index (χ2v) is 6.05. The second kappa shape index (κ2) is 8.57. The number of benzene rings is 1. The number of nitrogens with one attached hydrogen (secondary N) is 1. The van der Waals surface area contributed by atoms with E-state index in [0.717, 1.165) is 31.2 Å². The van der Waals surface area contributed by atoms with Gasteiger partial charge >= 0.3 is 0 Å². The van der Waals surface area contributed by atoms with Gasteiger partial charge in [-0.1, -0.05) is 18.2 Å². The Morgan fingerprint density at radius 1 is 1.10 bits per heavy atom. The lowest BCUT2D eigenvalue weighted by molar-refractivity contribution is -0.121. The lowest BCUT2D eigenvalue weighted by Crippen LogP contribution is -2.24. The molecule has 0 saturated carbocycles. The molecular formula is C17H20FNOS. The average molecular weight is 305 g/mol. The standard InChI is InChI=1S/C17H20FNOS/c18-15-8-6-14(7-9-15)4-1-2-12-19-17(20)11-10-16-5-3-13-21-16/h3,5-9,13H,1-2,4,10-12H2,(H,19,20). The Bertz CT molecular complexity index is 536. The number of hydrogen-bond acceptors (Lipinski definition) is 2. The summed E-state index contributed by atoms with van der Waals surface area (Å²) < 4.78 is 12.7. The first-order valence-corrected chi connectivity index (χ1v) is 8.15. The highest BCUT2D eigenvalue weighted by Gasteiger charge is 2.02. The monoisotopic (exact) mass is 305 g/mol. The number of rotatable bonds is 8. The summed E-state index contributed by atoms with van der Waals surface area (Å²) in [7, 11) is 0. The molecule has 0 spiro atoms. The van der Waals surface area contributed by atoms with Gasteiger partial charge < -0.3 is 5.32 Å². The largest absolute Gasteiger partial charge is 0.356 e. The molecule has 0 radical (unpaired) electrons. The van der Waals surface area contributed by atoms with Crippen LogP contribution < -0.4 is 5.32 Å². The number of carbonyl (C=O) groups excluding carboxylic acids is 1. The molecule has 2 nitrogen and oxygen atoms in total. The second-order valence-electron chi connectivity index (χ2n) is 5.01. The smallest absolute Gasteiger partial charge is 0.220 e. The molecule has 0 aliphatic carbocycles. The van der Waals surface area contributed by atoms with Crippen LogP contribution in [0.5, 0.6) is 0 Å². The minimum absolute atomic E-state index is 0.116. The maximum Gasteiger partial charge on any atom is 0.220 e. The van der Waals surface area contributed by atoms with Crippen LogP contribution >= 0.6 is 11.3 Å². The zero-order chi connectivity index (χ0) is 14.9. The van der Waals surface area contributed by atoms with Crippen LogP contribution in [-0.4, -0.2) is 12.5 Å². The number of hydrogen-bond donors (Lipinski definition) is 1. The molecule has 4 heteroatoms. The van der Waals surface area contributed by atoms with Crippen LogP contribution in [0.1, 0.15) is 29.7 Å². The maximum atomic E-state index is 12.7. The van der Waals surface area contributed by atoms with Gasteiger partial charge in [-0.25, -0.2) is 4.39 Å². The van der Waals surface area contributed by atoms with Gasteiger partial charge in [-0.2, -0.15) is 0 Å². The van der Waals surface area contributed by atoms with Gasteiger partial charge in [0.05, 0.1) is 0 Å². The van der Waals surface area contributed by atoms with Gasteiger partial charge in [0.25, 0.3) is 0 Å². The third-order valence-corrected chi connectivity index (χ3v) is 4.24. The predicted molar refractivity (Wildman–Crippen MR) is 85.0 cm³/mol. The highest BCUT2D eigenvalue weighted by Crippen LogP contribution is 2.10. The first-order chi connectivity index (χ1) is 10.2. The first kappa shape index (κ1) is 15.7. The third-order valence-electron chi connectivity index (χ3n) is 3.31. The fourth-order valence-corrected chi connectivity index (χ4v) is 2.82. The van der Waals surface area contributed by atoms with E-state index in [-0.39, 0.29) is 11.7 Å². The molecule has 0 saturated heterocycles. The Kier molecular flexibility index (Phi) is 6.41. The normalized spacial score (nSPS) is 10.5. The summed E-state index contributed by atoms with van der Waals surface area (Å²) in [4.78, 5) is 12.9. The van der Waals surface area contributed by atoms with Crippen LogP contribution in [-0.2, 0) is 17.6 Å². The number of aryl methyl sites for hydroxylation is 2. The summed E-state index contributed by atoms with van der Waals surface area (Å²) in [6.07, 6.45) is 4.24. The topological polar surface area (TPSA) is 29.1 Å². The molecule has 1 N–H and O–H groups in total. The van der Waals surface area contributed by atoms with Crippen LogP contribution in [0.3, 0.4) is 0 Å². The van der Waals surface area contributed by atoms with Crippen molar-refractivity contribution in [1.82, 2.24) is 5.32 Å². The Morgan fingerprint density at radius 2 is 1.90 bits per heavy atom. The van der Waals surface area contributed by atoms with Gasteiger partial charge in [0.15, 0.2) is 0 Å². The summed E-state index contributed by atoms with van der Waals surface area (Å²) in [5, 5.41) is 4.98.